The average molecular weight is 234 g/mol. The highest BCUT2D eigenvalue weighted by Crippen LogP contribution is 2.07. The van der Waals surface area contributed by atoms with Crippen molar-refractivity contribution in [3.63, 3.8) is 0 Å². The van der Waals surface area contributed by atoms with Crippen LogP contribution in [0.2, 0.25) is 0 Å². The topological polar surface area (TPSA) is 46.5 Å². The Balaban J connectivity index is 2.30. The Bertz CT molecular complexity index is 354. The zero-order valence-electron chi connectivity index (χ0n) is 9.89. The van der Waals surface area contributed by atoms with Gasteiger partial charge in [-0.15, -0.1) is 6.58 Å². The monoisotopic (exact) mass is 234 g/mol. The molecule has 1 N–H and O–H groups in total. The van der Waals surface area contributed by atoms with E-state index in [0.717, 1.165) is 30.6 Å². The van der Waals surface area contributed by atoms with Crippen LogP contribution in [0.5, 0.6) is 0 Å². The van der Waals surface area contributed by atoms with Gasteiger partial charge in [-0.1, -0.05) is 30.3 Å². The lowest BCUT2D eigenvalue weighted by molar-refractivity contribution is -0.136. The quantitative estimate of drug-likeness (QED) is 0.555. The molecule has 0 saturated heterocycles. The molecule has 3 nitrogen and oxygen atoms in total. The molecule has 0 aliphatic carbocycles. The maximum absolute atomic E-state index is 10.5. The molecule has 92 valence electrons. The zero-order valence-corrected chi connectivity index (χ0v) is 9.89. The predicted octanol–water partition coefficient (Wildman–Crippen LogP) is 2.80. The van der Waals surface area contributed by atoms with Crippen LogP contribution in [0.15, 0.2) is 36.9 Å². The first-order valence-corrected chi connectivity index (χ1v) is 5.70. The summed E-state index contributed by atoms with van der Waals surface area (Å²) in [4.78, 5) is 10.5. The van der Waals surface area contributed by atoms with Gasteiger partial charge in [0.1, 0.15) is 0 Å². The second-order valence-corrected chi connectivity index (χ2v) is 3.87. The predicted molar refractivity (Wildman–Crippen MR) is 66.9 cm³/mol. The van der Waals surface area contributed by atoms with Crippen molar-refractivity contribution >= 4 is 5.97 Å². The van der Waals surface area contributed by atoms with Crippen LogP contribution >= 0.6 is 0 Å². The molecule has 0 aliphatic heterocycles. The molecule has 1 aromatic carbocycles. The van der Waals surface area contributed by atoms with Gasteiger partial charge in [0.2, 0.25) is 0 Å². The molecule has 0 atom stereocenters. The van der Waals surface area contributed by atoms with E-state index in [-0.39, 0.29) is 6.42 Å². The maximum Gasteiger partial charge on any atom is 0.307 e. The van der Waals surface area contributed by atoms with Crippen molar-refractivity contribution in [1.29, 1.82) is 0 Å². The van der Waals surface area contributed by atoms with Crippen molar-refractivity contribution in [2.45, 2.75) is 25.9 Å². The van der Waals surface area contributed by atoms with Crippen molar-refractivity contribution in [2.75, 3.05) is 6.61 Å². The molecule has 0 radical (unpaired) electrons. The summed E-state index contributed by atoms with van der Waals surface area (Å²) >= 11 is 0. The molecule has 3 heteroatoms. The van der Waals surface area contributed by atoms with Crippen molar-refractivity contribution in [2.24, 2.45) is 0 Å². The molecule has 1 rings (SSSR count). The van der Waals surface area contributed by atoms with Gasteiger partial charge in [0.15, 0.2) is 0 Å². The molecule has 0 unspecified atom stereocenters. The van der Waals surface area contributed by atoms with Gasteiger partial charge in [-0.25, -0.2) is 0 Å². The third-order valence-electron chi connectivity index (χ3n) is 2.34. The minimum absolute atomic E-state index is 0.0699. The molecule has 0 fully saturated rings. The van der Waals surface area contributed by atoms with E-state index in [9.17, 15) is 4.79 Å². The third-order valence-corrected chi connectivity index (χ3v) is 2.34. The van der Waals surface area contributed by atoms with Crippen LogP contribution in [0.25, 0.3) is 0 Å². The lowest BCUT2D eigenvalue weighted by Gasteiger charge is -2.04. The van der Waals surface area contributed by atoms with Crippen LogP contribution in [-0.4, -0.2) is 17.7 Å². The van der Waals surface area contributed by atoms with Crippen LogP contribution in [0.4, 0.5) is 0 Å². The lowest BCUT2D eigenvalue weighted by Crippen LogP contribution is -2.00. The average Bonchev–Trinajstić information content (AvgIpc) is 2.30. The fourth-order valence-electron chi connectivity index (χ4n) is 1.45. The summed E-state index contributed by atoms with van der Waals surface area (Å²) in [6, 6.07) is 7.48. The van der Waals surface area contributed by atoms with E-state index in [1.807, 2.05) is 30.3 Å². The van der Waals surface area contributed by atoms with Crippen LogP contribution in [-0.2, 0) is 22.6 Å². The lowest BCUT2D eigenvalue weighted by atomic mass is 10.1. The first kappa shape index (κ1) is 13.5. The summed E-state index contributed by atoms with van der Waals surface area (Å²) in [6.07, 6.45) is 3.91. The van der Waals surface area contributed by atoms with Crippen molar-refractivity contribution in [3.05, 3.63) is 48.0 Å². The number of unbranched alkanes of at least 4 members (excludes halogenated alkanes) is 1. The molecule has 0 bridgehead atoms. The molecule has 17 heavy (non-hydrogen) atoms. The highest BCUT2D eigenvalue weighted by molar-refractivity contribution is 5.70. The summed E-state index contributed by atoms with van der Waals surface area (Å²) in [7, 11) is 0. The van der Waals surface area contributed by atoms with Crippen LogP contribution in [0, 0.1) is 0 Å². The maximum atomic E-state index is 10.5. The smallest absolute Gasteiger partial charge is 0.307 e. The van der Waals surface area contributed by atoms with Gasteiger partial charge in [0.25, 0.3) is 0 Å². The normalized spacial score (nSPS) is 10.1. The number of ether oxygens (including phenoxy) is 1. The molecular weight excluding hydrogens is 216 g/mol. The number of hydrogen-bond acceptors (Lipinski definition) is 2. The number of hydrogen-bond donors (Lipinski definition) is 1. The number of carbonyl (C=O) groups is 1. The molecule has 0 saturated carbocycles. The molecule has 0 aromatic heterocycles. The third kappa shape index (κ3) is 5.88. The van der Waals surface area contributed by atoms with E-state index in [1.54, 1.807) is 0 Å². The van der Waals surface area contributed by atoms with E-state index in [1.165, 1.54) is 0 Å². The van der Waals surface area contributed by atoms with Crippen LogP contribution in [0.3, 0.4) is 0 Å². The van der Waals surface area contributed by atoms with Gasteiger partial charge in [0, 0.05) is 6.61 Å². The van der Waals surface area contributed by atoms with Crippen molar-refractivity contribution in [1.82, 2.24) is 0 Å². The Morgan fingerprint density at radius 2 is 1.94 bits per heavy atom. The highest BCUT2D eigenvalue weighted by Gasteiger charge is 2.00. The fourth-order valence-corrected chi connectivity index (χ4v) is 1.45. The van der Waals surface area contributed by atoms with Crippen molar-refractivity contribution < 1.29 is 14.6 Å². The van der Waals surface area contributed by atoms with Crippen LogP contribution in [0.1, 0.15) is 24.0 Å². The van der Waals surface area contributed by atoms with E-state index < -0.39 is 5.97 Å². The first-order valence-electron chi connectivity index (χ1n) is 5.70. The Labute approximate surface area is 102 Å². The summed E-state index contributed by atoms with van der Waals surface area (Å²) in [5.41, 5.74) is 1.88. The summed E-state index contributed by atoms with van der Waals surface area (Å²) < 4.78 is 5.48. The number of benzene rings is 1. The Morgan fingerprint density at radius 1 is 1.29 bits per heavy atom. The highest BCUT2D eigenvalue weighted by atomic mass is 16.5. The molecule has 0 aliphatic rings. The molecule has 0 amide bonds. The van der Waals surface area contributed by atoms with Gasteiger partial charge in [-0.2, -0.15) is 0 Å². The number of rotatable bonds is 8. The Hall–Kier alpha value is -1.61. The number of carboxylic acids is 1. The molecular formula is C14H18O3. The largest absolute Gasteiger partial charge is 0.481 e. The number of allylic oxidation sites excluding steroid dienone is 1. The van der Waals surface area contributed by atoms with Crippen molar-refractivity contribution in [3.8, 4) is 0 Å². The van der Waals surface area contributed by atoms with Gasteiger partial charge < -0.3 is 9.84 Å². The van der Waals surface area contributed by atoms with Crippen LogP contribution < -0.4 is 0 Å². The molecule has 0 heterocycles. The molecule has 0 spiro atoms. The van der Waals surface area contributed by atoms with Gasteiger partial charge in [-0.05, 0) is 24.0 Å². The Kier molecular flexibility index (Phi) is 6.04. The van der Waals surface area contributed by atoms with E-state index >= 15 is 0 Å². The molecule has 1 aromatic rings. The van der Waals surface area contributed by atoms with Gasteiger partial charge in [-0.3, -0.25) is 4.79 Å². The standard InChI is InChI=1S/C14H18O3/c1-2-3-4-9-17-11-13-7-5-12(6-8-13)10-14(15)16/h2,5-8H,1,3-4,9-11H2,(H,15,16). The van der Waals surface area contributed by atoms with E-state index in [4.69, 9.17) is 9.84 Å². The second kappa shape index (κ2) is 7.63. The summed E-state index contributed by atoms with van der Waals surface area (Å²) in [6.45, 7) is 4.95. The summed E-state index contributed by atoms with van der Waals surface area (Å²) in [5, 5.41) is 8.63. The number of aliphatic carboxylic acids is 1. The van der Waals surface area contributed by atoms with E-state index in [0.29, 0.717) is 6.61 Å². The summed E-state index contributed by atoms with van der Waals surface area (Å²) in [5.74, 6) is -0.807. The van der Waals surface area contributed by atoms with E-state index in [2.05, 4.69) is 6.58 Å². The fraction of sp³-hybridized carbons (Fsp3) is 0.357. The minimum atomic E-state index is -0.807. The minimum Gasteiger partial charge on any atom is -0.481 e. The Morgan fingerprint density at radius 3 is 2.53 bits per heavy atom. The second-order valence-electron chi connectivity index (χ2n) is 3.87. The SMILES string of the molecule is C=CCCCOCc1ccc(CC(=O)O)cc1. The first-order chi connectivity index (χ1) is 8.22. The van der Waals surface area contributed by atoms with Gasteiger partial charge in [0.05, 0.1) is 13.0 Å². The number of carboxylic acid groups (broad SMARTS) is 1. The van der Waals surface area contributed by atoms with Gasteiger partial charge >= 0.3 is 5.97 Å². The zero-order chi connectivity index (χ0) is 12.5.